The molecule has 0 aliphatic heterocycles. The highest BCUT2D eigenvalue weighted by Crippen LogP contribution is 2.24. The fourth-order valence-electron chi connectivity index (χ4n) is 1.47. The Kier molecular flexibility index (Phi) is 6.91. The molecule has 0 spiro atoms. The molecule has 1 heterocycles. The van der Waals surface area contributed by atoms with Crippen molar-refractivity contribution in [1.29, 1.82) is 0 Å². The summed E-state index contributed by atoms with van der Waals surface area (Å²) in [7, 11) is 1.55. The number of nitrogen functional groups attached to an aromatic ring is 1. The number of rotatable bonds is 9. The van der Waals surface area contributed by atoms with Gasteiger partial charge in [0.05, 0.1) is 19.3 Å². The minimum atomic E-state index is -0.503. The summed E-state index contributed by atoms with van der Waals surface area (Å²) in [4.78, 5) is 8.03. The minimum absolute atomic E-state index is 0.311. The highest BCUT2D eigenvalue weighted by atomic mass is 16.5. The second-order valence-electron chi connectivity index (χ2n) is 4.11. The lowest BCUT2D eigenvalue weighted by molar-refractivity contribution is 0.0615. The van der Waals surface area contributed by atoms with E-state index in [4.69, 9.17) is 15.2 Å². The SMILES string of the molecule is CCCOc1ncnc(NCCC(O)COC)c1N. The van der Waals surface area contributed by atoms with Gasteiger partial charge in [0.2, 0.25) is 5.88 Å². The van der Waals surface area contributed by atoms with Gasteiger partial charge in [-0.2, -0.15) is 4.98 Å². The molecule has 1 aromatic heterocycles. The number of aliphatic hydroxyl groups excluding tert-OH is 1. The molecule has 1 unspecified atom stereocenters. The van der Waals surface area contributed by atoms with Gasteiger partial charge in [-0.1, -0.05) is 6.92 Å². The first-order valence-corrected chi connectivity index (χ1v) is 6.33. The Hall–Kier alpha value is -1.60. The van der Waals surface area contributed by atoms with Crippen LogP contribution in [-0.2, 0) is 4.74 Å². The third-order valence-electron chi connectivity index (χ3n) is 2.42. The lowest BCUT2D eigenvalue weighted by atomic mass is 10.2. The Morgan fingerprint density at radius 3 is 2.95 bits per heavy atom. The van der Waals surface area contributed by atoms with E-state index in [-0.39, 0.29) is 0 Å². The van der Waals surface area contributed by atoms with Crippen molar-refractivity contribution in [2.75, 3.05) is 37.9 Å². The molecular weight excluding hydrogens is 248 g/mol. The molecule has 0 aliphatic carbocycles. The maximum atomic E-state index is 9.51. The molecule has 0 fully saturated rings. The summed E-state index contributed by atoms with van der Waals surface area (Å²) in [5, 5.41) is 12.6. The highest BCUT2D eigenvalue weighted by Gasteiger charge is 2.09. The van der Waals surface area contributed by atoms with Gasteiger partial charge in [-0.05, 0) is 12.8 Å². The smallest absolute Gasteiger partial charge is 0.242 e. The van der Waals surface area contributed by atoms with E-state index in [1.54, 1.807) is 7.11 Å². The molecule has 19 heavy (non-hydrogen) atoms. The molecule has 0 aromatic carbocycles. The molecule has 0 saturated heterocycles. The quantitative estimate of drug-likeness (QED) is 0.605. The van der Waals surface area contributed by atoms with Gasteiger partial charge in [0.15, 0.2) is 5.82 Å². The average Bonchev–Trinajstić information content (AvgIpc) is 2.40. The van der Waals surface area contributed by atoms with Gasteiger partial charge in [0.25, 0.3) is 0 Å². The van der Waals surface area contributed by atoms with E-state index in [1.165, 1.54) is 6.33 Å². The number of hydrogen-bond donors (Lipinski definition) is 3. The van der Waals surface area contributed by atoms with Crippen molar-refractivity contribution in [3.63, 3.8) is 0 Å². The zero-order chi connectivity index (χ0) is 14.1. The Morgan fingerprint density at radius 2 is 2.26 bits per heavy atom. The Morgan fingerprint density at radius 1 is 1.47 bits per heavy atom. The van der Waals surface area contributed by atoms with Crippen LogP contribution in [0, 0.1) is 0 Å². The zero-order valence-corrected chi connectivity index (χ0v) is 11.4. The molecule has 1 atom stereocenters. The molecule has 1 aromatic rings. The van der Waals surface area contributed by atoms with E-state index in [1.807, 2.05) is 6.92 Å². The number of ether oxygens (including phenoxy) is 2. The van der Waals surface area contributed by atoms with Crippen LogP contribution in [0.25, 0.3) is 0 Å². The summed E-state index contributed by atoms with van der Waals surface area (Å²) in [6, 6.07) is 0. The standard InChI is InChI=1S/C12H22N4O3/c1-3-6-19-12-10(13)11(15-8-16-12)14-5-4-9(17)7-18-2/h8-9,17H,3-7,13H2,1-2H3,(H,14,15,16). The van der Waals surface area contributed by atoms with Gasteiger partial charge in [-0.25, -0.2) is 4.98 Å². The number of anilines is 2. The van der Waals surface area contributed by atoms with E-state index in [9.17, 15) is 5.11 Å². The second kappa shape index (κ2) is 8.49. The first kappa shape index (κ1) is 15.5. The summed E-state index contributed by atoms with van der Waals surface area (Å²) in [5.41, 5.74) is 6.29. The number of nitrogens with two attached hydrogens (primary N) is 1. The van der Waals surface area contributed by atoms with Crippen LogP contribution in [0.5, 0.6) is 5.88 Å². The summed E-state index contributed by atoms with van der Waals surface area (Å²) >= 11 is 0. The molecule has 1 rings (SSSR count). The zero-order valence-electron chi connectivity index (χ0n) is 11.4. The molecule has 7 nitrogen and oxygen atoms in total. The fourth-order valence-corrected chi connectivity index (χ4v) is 1.47. The van der Waals surface area contributed by atoms with E-state index in [0.717, 1.165) is 6.42 Å². The van der Waals surface area contributed by atoms with Crippen molar-refractivity contribution in [3.8, 4) is 5.88 Å². The largest absolute Gasteiger partial charge is 0.476 e. The lowest BCUT2D eigenvalue weighted by Gasteiger charge is -2.13. The third kappa shape index (κ3) is 5.27. The average molecular weight is 270 g/mol. The Labute approximate surface area is 113 Å². The predicted octanol–water partition coefficient (Wildman–Crippen LogP) is 0.657. The first-order chi connectivity index (χ1) is 9.19. The molecule has 7 heteroatoms. The minimum Gasteiger partial charge on any atom is -0.476 e. The van der Waals surface area contributed by atoms with Crippen LogP contribution in [0.2, 0.25) is 0 Å². The van der Waals surface area contributed by atoms with Gasteiger partial charge in [0.1, 0.15) is 12.0 Å². The van der Waals surface area contributed by atoms with Crippen LogP contribution in [0.4, 0.5) is 11.5 Å². The molecule has 0 amide bonds. The Bertz CT molecular complexity index is 376. The monoisotopic (exact) mass is 270 g/mol. The van der Waals surface area contributed by atoms with Crippen LogP contribution in [0.15, 0.2) is 6.33 Å². The molecule has 0 radical (unpaired) electrons. The van der Waals surface area contributed by atoms with E-state index < -0.39 is 6.10 Å². The van der Waals surface area contributed by atoms with Crippen molar-refractivity contribution in [2.45, 2.75) is 25.9 Å². The van der Waals surface area contributed by atoms with E-state index in [2.05, 4.69) is 15.3 Å². The van der Waals surface area contributed by atoms with Crippen LogP contribution >= 0.6 is 0 Å². The van der Waals surface area contributed by atoms with Crippen molar-refractivity contribution in [2.24, 2.45) is 0 Å². The second-order valence-corrected chi connectivity index (χ2v) is 4.11. The molecular formula is C12H22N4O3. The predicted molar refractivity (Wildman–Crippen MR) is 73.2 cm³/mol. The molecule has 4 N–H and O–H groups in total. The van der Waals surface area contributed by atoms with E-state index in [0.29, 0.717) is 43.6 Å². The van der Waals surface area contributed by atoms with Crippen molar-refractivity contribution >= 4 is 11.5 Å². The number of nitrogens with one attached hydrogen (secondary N) is 1. The van der Waals surface area contributed by atoms with Gasteiger partial charge >= 0.3 is 0 Å². The van der Waals surface area contributed by atoms with Gasteiger partial charge in [-0.15, -0.1) is 0 Å². The number of aliphatic hydroxyl groups is 1. The lowest BCUT2D eigenvalue weighted by Crippen LogP contribution is -2.19. The van der Waals surface area contributed by atoms with Crippen molar-refractivity contribution in [3.05, 3.63) is 6.33 Å². The van der Waals surface area contributed by atoms with Crippen molar-refractivity contribution < 1.29 is 14.6 Å². The maximum absolute atomic E-state index is 9.51. The number of nitrogens with zero attached hydrogens (tertiary/aromatic N) is 2. The summed E-state index contributed by atoms with van der Waals surface area (Å²) in [6.07, 6.45) is 2.32. The van der Waals surface area contributed by atoms with E-state index >= 15 is 0 Å². The van der Waals surface area contributed by atoms with Crippen LogP contribution in [0.1, 0.15) is 19.8 Å². The molecule has 0 bridgehead atoms. The highest BCUT2D eigenvalue weighted by molar-refractivity contribution is 5.66. The molecule has 108 valence electrons. The third-order valence-corrected chi connectivity index (χ3v) is 2.42. The number of methoxy groups -OCH3 is 1. The maximum Gasteiger partial charge on any atom is 0.242 e. The topological polar surface area (TPSA) is 103 Å². The summed E-state index contributed by atoms with van der Waals surface area (Å²) in [5.74, 6) is 0.905. The van der Waals surface area contributed by atoms with Crippen LogP contribution < -0.4 is 15.8 Å². The fraction of sp³-hybridized carbons (Fsp3) is 0.667. The summed E-state index contributed by atoms with van der Waals surface area (Å²) in [6.45, 7) is 3.42. The molecule has 0 saturated carbocycles. The first-order valence-electron chi connectivity index (χ1n) is 6.33. The van der Waals surface area contributed by atoms with Crippen LogP contribution in [-0.4, -0.2) is 48.0 Å². The number of aromatic nitrogens is 2. The van der Waals surface area contributed by atoms with Gasteiger partial charge < -0.3 is 25.6 Å². The summed E-state index contributed by atoms with van der Waals surface area (Å²) < 4.78 is 10.3. The van der Waals surface area contributed by atoms with Crippen molar-refractivity contribution in [1.82, 2.24) is 9.97 Å². The number of hydrogen-bond acceptors (Lipinski definition) is 7. The Balaban J connectivity index is 2.49. The van der Waals surface area contributed by atoms with Gasteiger partial charge in [-0.3, -0.25) is 0 Å². The van der Waals surface area contributed by atoms with Gasteiger partial charge in [0, 0.05) is 13.7 Å². The van der Waals surface area contributed by atoms with Crippen LogP contribution in [0.3, 0.4) is 0 Å². The normalized spacial score (nSPS) is 12.2. The molecule has 0 aliphatic rings.